The van der Waals surface area contributed by atoms with Crippen LogP contribution in [0.25, 0.3) is 0 Å². The van der Waals surface area contributed by atoms with Crippen LogP contribution in [0.3, 0.4) is 0 Å². The topological polar surface area (TPSA) is 80.3 Å². The van der Waals surface area contributed by atoms with Crippen molar-refractivity contribution in [1.29, 1.82) is 0 Å². The van der Waals surface area contributed by atoms with Gasteiger partial charge in [0.25, 0.3) is 11.8 Å². The van der Waals surface area contributed by atoms with Crippen molar-refractivity contribution in [3.63, 3.8) is 0 Å². The van der Waals surface area contributed by atoms with E-state index in [9.17, 15) is 9.59 Å². The van der Waals surface area contributed by atoms with Crippen LogP contribution < -0.4 is 15.4 Å². The average Bonchev–Trinajstić information content (AvgIpc) is 3.15. The minimum Gasteiger partial charge on any atom is -0.497 e. The molecule has 0 unspecified atom stereocenters. The standard InChI is InChI=1S/C19H21N3O3/c1-25-16-8-6-15(7-9-16)22-19(24)17-12-13(10-11-20-17)18(23)21-14-4-2-3-5-14/h6-12,14H,2-5H2,1H3,(H,21,23)(H,22,24). The van der Waals surface area contributed by atoms with Gasteiger partial charge < -0.3 is 15.4 Å². The number of pyridine rings is 1. The Bertz CT molecular complexity index is 753. The number of carbonyl (C=O) groups excluding carboxylic acids is 2. The first kappa shape index (κ1) is 17.0. The van der Waals surface area contributed by atoms with Gasteiger partial charge in [-0.05, 0) is 49.2 Å². The van der Waals surface area contributed by atoms with Gasteiger partial charge in [0.15, 0.2) is 0 Å². The fraction of sp³-hybridized carbons (Fsp3) is 0.316. The van der Waals surface area contributed by atoms with Crippen LogP contribution in [0.15, 0.2) is 42.6 Å². The highest BCUT2D eigenvalue weighted by atomic mass is 16.5. The maximum atomic E-state index is 12.4. The molecule has 1 heterocycles. The summed E-state index contributed by atoms with van der Waals surface area (Å²) in [5.74, 6) is 0.190. The molecule has 0 atom stereocenters. The Morgan fingerprint density at radius 1 is 1.08 bits per heavy atom. The summed E-state index contributed by atoms with van der Waals surface area (Å²) in [7, 11) is 1.58. The average molecular weight is 339 g/mol. The van der Waals surface area contributed by atoms with Gasteiger partial charge in [-0.3, -0.25) is 14.6 Å². The van der Waals surface area contributed by atoms with Gasteiger partial charge in [-0.15, -0.1) is 0 Å². The van der Waals surface area contributed by atoms with E-state index >= 15 is 0 Å². The zero-order valence-corrected chi connectivity index (χ0v) is 14.1. The van der Waals surface area contributed by atoms with E-state index in [0.29, 0.717) is 17.0 Å². The summed E-state index contributed by atoms with van der Waals surface area (Å²) in [5.41, 5.74) is 1.28. The maximum absolute atomic E-state index is 12.4. The molecule has 0 aliphatic heterocycles. The van der Waals surface area contributed by atoms with Crippen molar-refractivity contribution < 1.29 is 14.3 Å². The molecule has 2 aromatic rings. The van der Waals surface area contributed by atoms with Crippen molar-refractivity contribution in [3.05, 3.63) is 53.9 Å². The van der Waals surface area contributed by atoms with E-state index in [0.717, 1.165) is 25.7 Å². The first-order chi connectivity index (χ1) is 12.2. The molecule has 130 valence electrons. The molecule has 25 heavy (non-hydrogen) atoms. The van der Waals surface area contributed by atoms with Gasteiger partial charge >= 0.3 is 0 Å². The summed E-state index contributed by atoms with van der Waals surface area (Å²) in [6.45, 7) is 0. The number of hydrogen-bond acceptors (Lipinski definition) is 4. The van der Waals surface area contributed by atoms with E-state index < -0.39 is 0 Å². The third-order valence-corrected chi connectivity index (χ3v) is 4.29. The van der Waals surface area contributed by atoms with E-state index in [-0.39, 0.29) is 23.6 Å². The number of aromatic nitrogens is 1. The summed E-state index contributed by atoms with van der Waals surface area (Å²) in [5, 5.41) is 5.77. The first-order valence-corrected chi connectivity index (χ1v) is 8.38. The molecule has 1 saturated carbocycles. The van der Waals surface area contributed by atoms with E-state index in [1.807, 2.05) is 0 Å². The van der Waals surface area contributed by atoms with E-state index in [1.54, 1.807) is 37.4 Å². The second kappa shape index (κ2) is 7.79. The Labute approximate surface area is 146 Å². The largest absolute Gasteiger partial charge is 0.497 e. The van der Waals surface area contributed by atoms with Crippen molar-refractivity contribution in [2.45, 2.75) is 31.7 Å². The Morgan fingerprint density at radius 2 is 1.80 bits per heavy atom. The van der Waals surface area contributed by atoms with Crippen LogP contribution in [0.1, 0.15) is 46.5 Å². The third kappa shape index (κ3) is 4.35. The molecular weight excluding hydrogens is 318 g/mol. The van der Waals surface area contributed by atoms with E-state index in [4.69, 9.17) is 4.74 Å². The number of anilines is 1. The number of carbonyl (C=O) groups is 2. The smallest absolute Gasteiger partial charge is 0.274 e. The summed E-state index contributed by atoms with van der Waals surface area (Å²) < 4.78 is 5.09. The minimum absolute atomic E-state index is 0.159. The molecule has 0 spiro atoms. The van der Waals surface area contributed by atoms with Gasteiger partial charge in [-0.25, -0.2) is 0 Å². The number of benzene rings is 1. The molecule has 0 saturated heterocycles. The lowest BCUT2D eigenvalue weighted by Crippen LogP contribution is -2.32. The van der Waals surface area contributed by atoms with Crippen molar-refractivity contribution in [2.24, 2.45) is 0 Å². The number of ether oxygens (including phenoxy) is 1. The van der Waals surface area contributed by atoms with Crippen LogP contribution in [0.5, 0.6) is 5.75 Å². The highest BCUT2D eigenvalue weighted by molar-refractivity contribution is 6.04. The predicted molar refractivity (Wildman–Crippen MR) is 94.9 cm³/mol. The molecule has 6 nitrogen and oxygen atoms in total. The number of nitrogens with zero attached hydrogens (tertiary/aromatic N) is 1. The summed E-state index contributed by atoms with van der Waals surface area (Å²) in [6, 6.07) is 10.4. The monoisotopic (exact) mass is 339 g/mol. The van der Waals surface area contributed by atoms with Crippen LogP contribution in [-0.4, -0.2) is 29.9 Å². The summed E-state index contributed by atoms with van der Waals surface area (Å²) >= 11 is 0. The highest BCUT2D eigenvalue weighted by Gasteiger charge is 2.19. The molecule has 1 fully saturated rings. The van der Waals surface area contributed by atoms with Crippen LogP contribution in [0.2, 0.25) is 0 Å². The van der Waals surface area contributed by atoms with Gasteiger partial charge in [-0.1, -0.05) is 12.8 Å². The van der Waals surface area contributed by atoms with E-state index in [1.165, 1.54) is 12.3 Å². The SMILES string of the molecule is COc1ccc(NC(=O)c2cc(C(=O)NC3CCCC3)ccn2)cc1. The quantitative estimate of drug-likeness (QED) is 0.877. The Kier molecular flexibility index (Phi) is 5.28. The van der Waals surface area contributed by atoms with Crippen LogP contribution in [0.4, 0.5) is 5.69 Å². The number of nitrogens with one attached hydrogen (secondary N) is 2. The predicted octanol–water partition coefficient (Wildman–Crippen LogP) is 3.01. The second-order valence-corrected chi connectivity index (χ2v) is 6.07. The molecule has 1 aliphatic carbocycles. The highest BCUT2D eigenvalue weighted by Crippen LogP contribution is 2.18. The zero-order valence-electron chi connectivity index (χ0n) is 14.1. The van der Waals surface area contributed by atoms with Gasteiger partial charge in [-0.2, -0.15) is 0 Å². The lowest BCUT2D eigenvalue weighted by molar-refractivity contribution is 0.0937. The van der Waals surface area contributed by atoms with Crippen molar-refractivity contribution in [1.82, 2.24) is 10.3 Å². The van der Waals surface area contributed by atoms with Gasteiger partial charge in [0.05, 0.1) is 7.11 Å². The number of methoxy groups -OCH3 is 1. The summed E-state index contributed by atoms with van der Waals surface area (Å²) in [6.07, 6.45) is 5.81. The molecular formula is C19H21N3O3. The molecule has 3 rings (SSSR count). The molecule has 1 aliphatic rings. The molecule has 1 aromatic heterocycles. The fourth-order valence-electron chi connectivity index (χ4n) is 2.90. The Hall–Kier alpha value is -2.89. The molecule has 6 heteroatoms. The Morgan fingerprint density at radius 3 is 2.48 bits per heavy atom. The third-order valence-electron chi connectivity index (χ3n) is 4.29. The zero-order chi connectivity index (χ0) is 17.6. The number of hydrogen-bond donors (Lipinski definition) is 2. The summed E-state index contributed by atoms with van der Waals surface area (Å²) in [4.78, 5) is 28.7. The molecule has 1 aromatic carbocycles. The molecule has 0 radical (unpaired) electrons. The van der Waals surface area contributed by atoms with E-state index in [2.05, 4.69) is 15.6 Å². The van der Waals surface area contributed by atoms with Crippen LogP contribution >= 0.6 is 0 Å². The normalized spacial score (nSPS) is 14.1. The number of rotatable bonds is 5. The molecule has 0 bridgehead atoms. The number of amides is 2. The lowest BCUT2D eigenvalue weighted by Gasteiger charge is -2.12. The van der Waals surface area contributed by atoms with Gasteiger partial charge in [0.2, 0.25) is 0 Å². The van der Waals surface area contributed by atoms with Crippen molar-refractivity contribution in [2.75, 3.05) is 12.4 Å². The van der Waals surface area contributed by atoms with Gasteiger partial charge in [0.1, 0.15) is 11.4 Å². The van der Waals surface area contributed by atoms with Gasteiger partial charge in [0, 0.05) is 23.5 Å². The maximum Gasteiger partial charge on any atom is 0.274 e. The fourth-order valence-corrected chi connectivity index (χ4v) is 2.90. The second-order valence-electron chi connectivity index (χ2n) is 6.07. The lowest BCUT2D eigenvalue weighted by atomic mass is 10.1. The minimum atomic E-state index is -0.360. The Balaban J connectivity index is 1.66. The van der Waals surface area contributed by atoms with Crippen LogP contribution in [-0.2, 0) is 0 Å². The van der Waals surface area contributed by atoms with Crippen molar-refractivity contribution in [3.8, 4) is 5.75 Å². The van der Waals surface area contributed by atoms with Crippen LogP contribution in [0, 0.1) is 0 Å². The van der Waals surface area contributed by atoms with Crippen molar-refractivity contribution >= 4 is 17.5 Å². The molecule has 2 N–H and O–H groups in total. The first-order valence-electron chi connectivity index (χ1n) is 8.38. The molecule has 2 amide bonds.